The van der Waals surface area contributed by atoms with Crippen LogP contribution in [0.5, 0.6) is 0 Å². The largest absolute Gasteiger partial charge is 0.469 e. The number of aliphatic hydroxyl groups excluding tert-OH is 1. The number of hydrogen-bond donors (Lipinski definition) is 1. The lowest BCUT2D eigenvalue weighted by Gasteiger charge is -2.28. The zero-order valence-corrected chi connectivity index (χ0v) is 67.5. The molecule has 0 bridgehead atoms. The van der Waals surface area contributed by atoms with Crippen LogP contribution >= 0.6 is 0 Å². The molecule has 99 heavy (non-hydrogen) atoms. The number of methoxy groups -OCH3 is 1. The molecule has 0 aromatic heterocycles. The highest BCUT2D eigenvalue weighted by atomic mass is 17.2. The van der Waals surface area contributed by atoms with Crippen LogP contribution < -0.4 is 0 Å². The van der Waals surface area contributed by atoms with Gasteiger partial charge in [-0.3, -0.25) is 24.0 Å². The molecule has 0 aromatic rings. The van der Waals surface area contributed by atoms with Crippen LogP contribution in [0.1, 0.15) is 296 Å². The van der Waals surface area contributed by atoms with Crippen LogP contribution in [0.15, 0.2) is 0 Å². The molecule has 20 heteroatoms. The SMILES string of the molecule is CCC(C)CCC(COC(=O)C(C)O)C(C)CC.CCC(C)COC(=O)C1CCCCCCC12OC2C.CCC(C)COOCC(C)(C)COC(=O)C(C)CC.CCC(C)COOCC1CCC(COC(=O)C(C)CC)CC1.CCC(C)COOCCOC(=O)C(C)CC.COC(C)=O.[HH]. The van der Waals surface area contributed by atoms with Crippen molar-refractivity contribution in [2.45, 2.75) is 312 Å². The zero-order valence-electron chi connectivity index (χ0n) is 67.5. The first-order valence-corrected chi connectivity index (χ1v) is 38.8. The minimum atomic E-state index is -1.02. The average molecular weight is 1420 g/mol. The molecule has 0 amide bonds. The fraction of sp³-hybridized carbons (Fsp3) is 0.924. The first-order valence-electron chi connectivity index (χ1n) is 38.8. The summed E-state index contributed by atoms with van der Waals surface area (Å²) in [5.74, 6) is 3.53. The summed E-state index contributed by atoms with van der Waals surface area (Å²) in [6.45, 7) is 51.7. The molecule has 1 saturated heterocycles. The molecule has 20 nitrogen and oxygen atoms in total. The molecule has 590 valence electrons. The number of hydrogen-bond acceptors (Lipinski definition) is 20. The highest BCUT2D eigenvalue weighted by Crippen LogP contribution is 2.50. The van der Waals surface area contributed by atoms with Crippen molar-refractivity contribution >= 4 is 35.8 Å². The van der Waals surface area contributed by atoms with E-state index in [2.05, 4.69) is 94.7 Å². The molecule has 2 saturated carbocycles. The van der Waals surface area contributed by atoms with Crippen molar-refractivity contribution in [1.82, 2.24) is 0 Å². The number of carbonyl (C=O) groups is 6. The van der Waals surface area contributed by atoms with Crippen LogP contribution in [-0.4, -0.2) is 139 Å². The highest BCUT2D eigenvalue weighted by molar-refractivity contribution is 5.75. The molecule has 1 spiro atoms. The van der Waals surface area contributed by atoms with Crippen LogP contribution in [0.2, 0.25) is 0 Å². The van der Waals surface area contributed by atoms with Crippen molar-refractivity contribution in [2.75, 3.05) is 79.8 Å². The molecule has 3 rings (SSSR count). The van der Waals surface area contributed by atoms with Crippen molar-refractivity contribution < 1.29 is 97.8 Å². The monoisotopic (exact) mass is 1420 g/mol. The Balaban J connectivity index is -0.000000566. The summed E-state index contributed by atoms with van der Waals surface area (Å²) in [4.78, 5) is 98.6. The average Bonchev–Trinajstić information content (AvgIpc) is 1.59. The second-order valence-corrected chi connectivity index (χ2v) is 29.7. The summed E-state index contributed by atoms with van der Waals surface area (Å²) in [6.07, 6.45) is 21.8. The van der Waals surface area contributed by atoms with Gasteiger partial charge in [0.05, 0.1) is 96.3 Å². The van der Waals surface area contributed by atoms with E-state index in [0.717, 1.165) is 109 Å². The normalized spacial score (nSPS) is 21.3. The maximum atomic E-state index is 12.4. The molecule has 3 aliphatic rings. The van der Waals surface area contributed by atoms with E-state index in [1.54, 1.807) is 0 Å². The topological polar surface area (TPSA) is 246 Å². The molecule has 14 atom stereocenters. The fourth-order valence-corrected chi connectivity index (χ4v) is 9.51. The van der Waals surface area contributed by atoms with Gasteiger partial charge in [0.1, 0.15) is 24.9 Å². The third kappa shape index (κ3) is 51.3. The van der Waals surface area contributed by atoms with E-state index in [0.29, 0.717) is 113 Å². The first kappa shape index (κ1) is 99.7. The van der Waals surface area contributed by atoms with Crippen LogP contribution in [0.3, 0.4) is 0 Å². The summed E-state index contributed by atoms with van der Waals surface area (Å²) in [5, 5.41) is 9.11. The molecule has 2 aliphatic carbocycles. The number of esters is 6. The van der Waals surface area contributed by atoms with Gasteiger partial charge in [-0.25, -0.2) is 34.1 Å². The van der Waals surface area contributed by atoms with Crippen molar-refractivity contribution in [2.24, 2.45) is 82.3 Å². The minimum Gasteiger partial charge on any atom is -0.469 e. The molecular weight excluding hydrogens is 1270 g/mol. The summed E-state index contributed by atoms with van der Waals surface area (Å²) in [6, 6.07) is 0. The molecule has 1 heterocycles. The van der Waals surface area contributed by atoms with Gasteiger partial charge in [0, 0.05) is 13.8 Å². The van der Waals surface area contributed by atoms with E-state index in [9.17, 15) is 28.8 Å². The maximum absolute atomic E-state index is 12.4. The van der Waals surface area contributed by atoms with Gasteiger partial charge in [0.15, 0.2) is 0 Å². The van der Waals surface area contributed by atoms with E-state index in [4.69, 9.17) is 62.9 Å². The van der Waals surface area contributed by atoms with Crippen LogP contribution in [0.4, 0.5) is 0 Å². The molecule has 0 radical (unpaired) electrons. The predicted molar refractivity (Wildman–Crippen MR) is 394 cm³/mol. The van der Waals surface area contributed by atoms with Gasteiger partial charge in [0.25, 0.3) is 0 Å². The second kappa shape index (κ2) is 60.9. The smallest absolute Gasteiger partial charge is 0.334 e. The minimum absolute atomic E-state index is 0. The standard InChI is InChI=1S/C18H34O4.C16H28O3.C15H30O4.C15H30O3.C12H24O4.C3H6O2.H2/c1-5-14(3)11-21-22-13-17-9-7-16(8-10-17)12-20-18(19)15(4)6-2;1-4-12(2)11-18-15(17)14-9-7-5-6-8-10-16(14)13(3)19-16;1-7-12(3)9-18-19-11-15(5,6)10-17-14(16)13(4)8-2;1-6-11(3)8-9-14(12(4)7-2)10-18-15(17)13(5)16;1-5-10(3)9-16-15-8-7-14-12(13)11(4)6-2;1-3(4)5-2;/h14-17H,5-13H2,1-4H3;12-14H,4-11H2,1-3H3;12-13H,7-11H2,1-6H3;11-14,16H,6-10H2,1-5H3;10-11H,5-9H2,1-4H3;1-2H3;1H. The summed E-state index contributed by atoms with van der Waals surface area (Å²) in [5.41, 5.74) is -0.425. The van der Waals surface area contributed by atoms with Crippen molar-refractivity contribution in [3.05, 3.63) is 0 Å². The lowest BCUT2D eigenvalue weighted by molar-refractivity contribution is -0.315. The van der Waals surface area contributed by atoms with Gasteiger partial charge >= 0.3 is 35.8 Å². The van der Waals surface area contributed by atoms with Crippen molar-refractivity contribution in [3.63, 3.8) is 0 Å². The number of epoxide rings is 1. The van der Waals surface area contributed by atoms with Crippen LogP contribution in [0, 0.1) is 82.3 Å². The Bertz CT molecular complexity index is 2000. The lowest BCUT2D eigenvalue weighted by Crippen LogP contribution is -2.36. The van der Waals surface area contributed by atoms with E-state index in [1.807, 2.05) is 55.4 Å². The Morgan fingerprint density at radius 2 is 0.919 bits per heavy atom. The van der Waals surface area contributed by atoms with Gasteiger partial charge in [-0.15, -0.1) is 0 Å². The Morgan fingerprint density at radius 1 is 0.475 bits per heavy atom. The number of carbonyl (C=O) groups excluding carboxylic acids is 6. The molecular formula is C79H154O20. The van der Waals surface area contributed by atoms with Crippen LogP contribution in [0.25, 0.3) is 0 Å². The van der Waals surface area contributed by atoms with Gasteiger partial charge in [0.2, 0.25) is 0 Å². The van der Waals surface area contributed by atoms with E-state index in [1.165, 1.54) is 53.1 Å². The number of rotatable bonds is 42. The quantitative estimate of drug-likeness (QED) is 0.0149. The third-order valence-electron chi connectivity index (χ3n) is 19.8. The second-order valence-electron chi connectivity index (χ2n) is 29.7. The maximum Gasteiger partial charge on any atom is 0.334 e. The van der Waals surface area contributed by atoms with Gasteiger partial charge in [-0.2, -0.15) is 0 Å². The number of ether oxygens (including phenoxy) is 7. The highest BCUT2D eigenvalue weighted by Gasteiger charge is 2.61. The molecule has 1 aliphatic heterocycles. The molecule has 14 unspecified atom stereocenters. The molecule has 0 aromatic carbocycles. The zero-order chi connectivity index (χ0) is 75.9. The number of aliphatic hydroxyl groups is 1. The Labute approximate surface area is 605 Å². The summed E-state index contributed by atoms with van der Waals surface area (Å²) >= 11 is 0. The van der Waals surface area contributed by atoms with E-state index >= 15 is 0 Å². The van der Waals surface area contributed by atoms with Gasteiger partial charge in [-0.05, 0) is 131 Å². The Kier molecular flexibility index (Phi) is 61.3. The molecule has 1 N–H and O–H groups in total. The summed E-state index contributed by atoms with van der Waals surface area (Å²) in [7, 11) is 1.35. The van der Waals surface area contributed by atoms with Gasteiger partial charge < -0.3 is 38.3 Å². The Morgan fingerprint density at radius 3 is 1.37 bits per heavy atom. The molecule has 3 fully saturated rings. The van der Waals surface area contributed by atoms with Crippen molar-refractivity contribution in [1.29, 1.82) is 0 Å². The predicted octanol–water partition coefficient (Wildman–Crippen LogP) is 18.1. The van der Waals surface area contributed by atoms with E-state index in [-0.39, 0.29) is 78.7 Å². The Hall–Kier alpha value is -3.50. The van der Waals surface area contributed by atoms with Crippen LogP contribution in [-0.2, 0) is 91.3 Å². The third-order valence-corrected chi connectivity index (χ3v) is 19.8. The first-order chi connectivity index (χ1) is 46.8. The summed E-state index contributed by atoms with van der Waals surface area (Å²) < 4.78 is 36.3. The lowest BCUT2D eigenvalue weighted by atomic mass is 9.79. The fourth-order valence-electron chi connectivity index (χ4n) is 9.51. The van der Waals surface area contributed by atoms with Gasteiger partial charge in [-0.1, -0.05) is 209 Å². The van der Waals surface area contributed by atoms with Crippen molar-refractivity contribution in [3.8, 4) is 0 Å². The van der Waals surface area contributed by atoms with E-state index < -0.39 is 12.1 Å².